The molecule has 0 rings (SSSR count). The zero-order valence-corrected chi connectivity index (χ0v) is 8.71. The van der Waals surface area contributed by atoms with Crippen LogP contribution in [-0.2, 0) is 4.74 Å². The Labute approximate surface area is 75.9 Å². The van der Waals surface area contributed by atoms with Gasteiger partial charge in [-0.2, -0.15) is 0 Å². The van der Waals surface area contributed by atoms with Gasteiger partial charge in [-0.15, -0.1) is 0 Å². The van der Waals surface area contributed by atoms with Crippen LogP contribution in [0, 0.1) is 0 Å². The van der Waals surface area contributed by atoms with E-state index in [1.807, 2.05) is 0 Å². The Morgan fingerprint density at radius 1 is 1.33 bits per heavy atom. The normalized spacial score (nSPS) is 16.5. The third kappa shape index (κ3) is 4.04. The van der Waals surface area contributed by atoms with Gasteiger partial charge in [0.15, 0.2) is 0 Å². The van der Waals surface area contributed by atoms with E-state index in [1.165, 1.54) is 0 Å². The number of likely N-dealkylation sites (N-methyl/N-ethyl adjacent to an activating group) is 1. The van der Waals surface area contributed by atoms with Crippen LogP contribution in [0.3, 0.4) is 0 Å². The quantitative estimate of drug-likeness (QED) is 0.644. The lowest BCUT2D eigenvalue weighted by Crippen LogP contribution is -2.40. The van der Waals surface area contributed by atoms with E-state index in [1.54, 1.807) is 7.11 Å². The largest absolute Gasteiger partial charge is 0.383 e. The van der Waals surface area contributed by atoms with Crippen LogP contribution in [0.25, 0.3) is 0 Å². The molecule has 0 aromatic rings. The van der Waals surface area contributed by atoms with Crippen LogP contribution in [0.2, 0.25) is 0 Å². The minimum Gasteiger partial charge on any atom is -0.383 e. The van der Waals surface area contributed by atoms with Crippen molar-refractivity contribution in [1.29, 1.82) is 0 Å². The molecule has 2 N–H and O–H groups in total. The first-order chi connectivity index (χ1) is 5.63. The van der Waals surface area contributed by atoms with E-state index in [4.69, 9.17) is 10.5 Å². The maximum atomic E-state index is 5.48. The summed E-state index contributed by atoms with van der Waals surface area (Å²) in [6.45, 7) is 5.89. The molecule has 3 nitrogen and oxygen atoms in total. The molecule has 0 bridgehead atoms. The van der Waals surface area contributed by atoms with E-state index < -0.39 is 0 Å². The molecule has 0 aromatic carbocycles. The van der Waals surface area contributed by atoms with Gasteiger partial charge in [0, 0.05) is 19.2 Å². The molecule has 0 fully saturated rings. The fraction of sp³-hybridized carbons (Fsp3) is 1.00. The lowest BCUT2D eigenvalue weighted by Gasteiger charge is -2.30. The van der Waals surface area contributed by atoms with Crippen molar-refractivity contribution in [2.24, 2.45) is 5.73 Å². The standard InChI is InChI=1S/C9H22N2O/c1-8(5-6-10)11(3)9(2)7-12-4/h8-9H,5-7,10H2,1-4H3. The number of nitrogens with zero attached hydrogens (tertiary/aromatic N) is 1. The van der Waals surface area contributed by atoms with Gasteiger partial charge in [0.05, 0.1) is 6.61 Å². The average Bonchev–Trinajstić information content (AvgIpc) is 2.04. The number of rotatable bonds is 6. The van der Waals surface area contributed by atoms with Crippen LogP contribution in [0.5, 0.6) is 0 Å². The van der Waals surface area contributed by atoms with Gasteiger partial charge in [-0.3, -0.25) is 4.90 Å². The van der Waals surface area contributed by atoms with Crippen LogP contribution in [0.1, 0.15) is 20.3 Å². The molecule has 3 heteroatoms. The molecule has 0 saturated carbocycles. The molecule has 0 saturated heterocycles. The van der Waals surface area contributed by atoms with Gasteiger partial charge in [-0.1, -0.05) is 0 Å². The highest BCUT2D eigenvalue weighted by atomic mass is 16.5. The number of nitrogens with two attached hydrogens (primary N) is 1. The second kappa shape index (κ2) is 6.40. The summed E-state index contributed by atoms with van der Waals surface area (Å²) in [7, 11) is 3.85. The summed E-state index contributed by atoms with van der Waals surface area (Å²) >= 11 is 0. The second-order valence-corrected chi connectivity index (χ2v) is 3.40. The molecule has 12 heavy (non-hydrogen) atoms. The summed E-state index contributed by atoms with van der Waals surface area (Å²) < 4.78 is 5.08. The predicted molar refractivity (Wildman–Crippen MR) is 52.2 cm³/mol. The summed E-state index contributed by atoms with van der Waals surface area (Å²) in [5.74, 6) is 0. The Bertz CT molecular complexity index is 96.7. The van der Waals surface area contributed by atoms with E-state index in [9.17, 15) is 0 Å². The molecule has 0 aliphatic carbocycles. The third-order valence-corrected chi connectivity index (χ3v) is 2.38. The number of hydrogen-bond donors (Lipinski definition) is 1. The van der Waals surface area contributed by atoms with Gasteiger partial charge in [-0.25, -0.2) is 0 Å². The Balaban J connectivity index is 3.73. The van der Waals surface area contributed by atoms with Crippen molar-refractivity contribution in [3.05, 3.63) is 0 Å². The lowest BCUT2D eigenvalue weighted by molar-refractivity contribution is 0.0920. The summed E-state index contributed by atoms with van der Waals surface area (Å²) in [4.78, 5) is 2.30. The first-order valence-corrected chi connectivity index (χ1v) is 4.54. The van der Waals surface area contributed by atoms with Gasteiger partial charge < -0.3 is 10.5 Å². The van der Waals surface area contributed by atoms with Crippen LogP contribution >= 0.6 is 0 Å². The molecular weight excluding hydrogens is 152 g/mol. The van der Waals surface area contributed by atoms with E-state index in [-0.39, 0.29) is 0 Å². The van der Waals surface area contributed by atoms with E-state index in [0.29, 0.717) is 12.1 Å². The molecule has 0 amide bonds. The lowest BCUT2D eigenvalue weighted by atomic mass is 10.2. The summed E-state index contributed by atoms with van der Waals surface area (Å²) in [5.41, 5.74) is 5.48. The molecule has 0 aliphatic rings. The van der Waals surface area contributed by atoms with Crippen molar-refractivity contribution in [3.63, 3.8) is 0 Å². The molecule has 2 unspecified atom stereocenters. The molecule has 0 spiro atoms. The second-order valence-electron chi connectivity index (χ2n) is 3.40. The number of ether oxygens (including phenoxy) is 1. The summed E-state index contributed by atoms with van der Waals surface area (Å²) in [6.07, 6.45) is 1.05. The molecule has 74 valence electrons. The van der Waals surface area contributed by atoms with Crippen LogP contribution in [0.4, 0.5) is 0 Å². The van der Waals surface area contributed by atoms with E-state index >= 15 is 0 Å². The van der Waals surface area contributed by atoms with Crippen molar-refractivity contribution < 1.29 is 4.74 Å². The molecular formula is C9H22N2O. The summed E-state index contributed by atoms with van der Waals surface area (Å²) in [5, 5.41) is 0. The van der Waals surface area contributed by atoms with Crippen LogP contribution < -0.4 is 5.73 Å². The molecule has 0 aliphatic heterocycles. The fourth-order valence-electron chi connectivity index (χ4n) is 1.24. The number of hydrogen-bond acceptors (Lipinski definition) is 3. The zero-order chi connectivity index (χ0) is 9.56. The maximum absolute atomic E-state index is 5.48. The average molecular weight is 174 g/mol. The zero-order valence-electron chi connectivity index (χ0n) is 8.71. The topological polar surface area (TPSA) is 38.5 Å². The summed E-state index contributed by atoms with van der Waals surface area (Å²) in [6, 6.07) is 1.01. The van der Waals surface area contributed by atoms with Crippen molar-refractivity contribution in [2.75, 3.05) is 27.3 Å². The first-order valence-electron chi connectivity index (χ1n) is 4.54. The monoisotopic (exact) mass is 174 g/mol. The maximum Gasteiger partial charge on any atom is 0.0615 e. The van der Waals surface area contributed by atoms with Crippen molar-refractivity contribution >= 4 is 0 Å². The predicted octanol–water partition coefficient (Wildman–Crippen LogP) is 0.690. The highest BCUT2D eigenvalue weighted by molar-refractivity contribution is 4.69. The first kappa shape index (κ1) is 11.9. The van der Waals surface area contributed by atoms with Crippen molar-refractivity contribution in [2.45, 2.75) is 32.4 Å². The van der Waals surface area contributed by atoms with E-state index in [0.717, 1.165) is 19.6 Å². The fourth-order valence-corrected chi connectivity index (χ4v) is 1.24. The number of methoxy groups -OCH3 is 1. The Morgan fingerprint density at radius 3 is 2.33 bits per heavy atom. The van der Waals surface area contributed by atoms with Crippen molar-refractivity contribution in [1.82, 2.24) is 4.90 Å². The Hall–Kier alpha value is -0.120. The van der Waals surface area contributed by atoms with Gasteiger partial charge in [0.2, 0.25) is 0 Å². The van der Waals surface area contributed by atoms with Gasteiger partial charge in [0.1, 0.15) is 0 Å². The van der Waals surface area contributed by atoms with Gasteiger partial charge in [0.25, 0.3) is 0 Å². The van der Waals surface area contributed by atoms with Crippen LogP contribution in [-0.4, -0.2) is 44.3 Å². The van der Waals surface area contributed by atoms with Gasteiger partial charge >= 0.3 is 0 Å². The molecule has 0 aromatic heterocycles. The highest BCUT2D eigenvalue weighted by Crippen LogP contribution is 2.05. The van der Waals surface area contributed by atoms with Crippen molar-refractivity contribution in [3.8, 4) is 0 Å². The molecule has 2 atom stereocenters. The van der Waals surface area contributed by atoms with E-state index in [2.05, 4.69) is 25.8 Å². The van der Waals surface area contributed by atoms with Gasteiger partial charge in [-0.05, 0) is 33.9 Å². The smallest absolute Gasteiger partial charge is 0.0615 e. The Kier molecular flexibility index (Phi) is 6.34. The molecule has 0 heterocycles. The van der Waals surface area contributed by atoms with Crippen LogP contribution in [0.15, 0.2) is 0 Å². The highest BCUT2D eigenvalue weighted by Gasteiger charge is 2.14. The minimum absolute atomic E-state index is 0.469. The minimum atomic E-state index is 0.469. The Morgan fingerprint density at radius 2 is 1.92 bits per heavy atom. The SMILES string of the molecule is COCC(C)N(C)C(C)CCN. The molecule has 0 radical (unpaired) electrons. The third-order valence-electron chi connectivity index (χ3n) is 2.38.